The lowest BCUT2D eigenvalue weighted by molar-refractivity contribution is 1.14. The maximum Gasteiger partial charge on any atom is 0.0708 e. The van der Waals surface area contributed by atoms with Crippen molar-refractivity contribution >= 4 is 0 Å². The second-order valence-electron chi connectivity index (χ2n) is 4.85. The molecular formula is C19H17N. The Kier molecular flexibility index (Phi) is 3.60. The van der Waals surface area contributed by atoms with E-state index in [-0.39, 0.29) is 0 Å². The summed E-state index contributed by atoms with van der Waals surface area (Å²) in [5.41, 5.74) is 6.00. The van der Waals surface area contributed by atoms with Gasteiger partial charge in [0.15, 0.2) is 0 Å². The highest BCUT2D eigenvalue weighted by Gasteiger charge is 2.03. The van der Waals surface area contributed by atoms with E-state index in [9.17, 15) is 0 Å². The van der Waals surface area contributed by atoms with Gasteiger partial charge in [-0.25, -0.2) is 0 Å². The predicted octanol–water partition coefficient (Wildman–Crippen LogP) is 4.98. The largest absolute Gasteiger partial charge is 0.256 e. The van der Waals surface area contributed by atoms with Gasteiger partial charge >= 0.3 is 0 Å². The van der Waals surface area contributed by atoms with Crippen LogP contribution in [0.1, 0.15) is 12.5 Å². The van der Waals surface area contributed by atoms with Gasteiger partial charge in [0.1, 0.15) is 0 Å². The van der Waals surface area contributed by atoms with Crippen molar-refractivity contribution in [2.45, 2.75) is 13.3 Å². The maximum absolute atomic E-state index is 4.48. The van der Waals surface area contributed by atoms with E-state index in [2.05, 4.69) is 60.4 Å². The van der Waals surface area contributed by atoms with Gasteiger partial charge < -0.3 is 0 Å². The molecule has 0 radical (unpaired) electrons. The molecule has 1 heterocycles. The van der Waals surface area contributed by atoms with Crippen molar-refractivity contribution in [3.63, 3.8) is 0 Å². The lowest BCUT2D eigenvalue weighted by Gasteiger charge is -2.06. The molecule has 3 aromatic rings. The molecule has 0 saturated carbocycles. The van der Waals surface area contributed by atoms with Crippen LogP contribution in [-0.2, 0) is 6.42 Å². The van der Waals surface area contributed by atoms with E-state index in [0.717, 1.165) is 17.7 Å². The first-order valence-electron chi connectivity index (χ1n) is 6.97. The van der Waals surface area contributed by atoms with E-state index < -0.39 is 0 Å². The topological polar surface area (TPSA) is 12.9 Å². The van der Waals surface area contributed by atoms with Crippen LogP contribution in [0.15, 0.2) is 72.9 Å². The van der Waals surface area contributed by atoms with Crippen molar-refractivity contribution in [3.8, 4) is 22.4 Å². The number of hydrogen-bond acceptors (Lipinski definition) is 1. The Balaban J connectivity index is 2.03. The molecule has 0 spiro atoms. The molecule has 98 valence electrons. The highest BCUT2D eigenvalue weighted by Crippen LogP contribution is 2.25. The van der Waals surface area contributed by atoms with Gasteiger partial charge in [0, 0.05) is 11.8 Å². The first kappa shape index (κ1) is 12.6. The summed E-state index contributed by atoms with van der Waals surface area (Å²) in [7, 11) is 0. The average molecular weight is 259 g/mol. The summed E-state index contributed by atoms with van der Waals surface area (Å²) in [6.07, 6.45) is 2.95. The quantitative estimate of drug-likeness (QED) is 0.646. The molecule has 0 aliphatic carbocycles. The van der Waals surface area contributed by atoms with Crippen molar-refractivity contribution in [2.24, 2.45) is 0 Å². The van der Waals surface area contributed by atoms with Crippen LogP contribution in [0.5, 0.6) is 0 Å². The second kappa shape index (κ2) is 5.70. The van der Waals surface area contributed by atoms with E-state index in [1.54, 1.807) is 0 Å². The lowest BCUT2D eigenvalue weighted by Crippen LogP contribution is -1.86. The van der Waals surface area contributed by atoms with Crippen molar-refractivity contribution in [1.29, 1.82) is 0 Å². The Morgan fingerprint density at radius 3 is 2.30 bits per heavy atom. The third-order valence-electron chi connectivity index (χ3n) is 3.50. The fourth-order valence-electron chi connectivity index (χ4n) is 2.35. The molecule has 0 saturated heterocycles. The van der Waals surface area contributed by atoms with Crippen molar-refractivity contribution in [2.75, 3.05) is 0 Å². The van der Waals surface area contributed by atoms with Crippen LogP contribution < -0.4 is 0 Å². The van der Waals surface area contributed by atoms with Gasteiger partial charge in [-0.05, 0) is 35.2 Å². The molecule has 0 atom stereocenters. The maximum atomic E-state index is 4.48. The van der Waals surface area contributed by atoms with Gasteiger partial charge in [-0.15, -0.1) is 0 Å². The third kappa shape index (κ3) is 2.62. The van der Waals surface area contributed by atoms with Crippen LogP contribution in [0, 0.1) is 0 Å². The normalized spacial score (nSPS) is 10.4. The molecule has 0 unspecified atom stereocenters. The molecule has 0 amide bonds. The van der Waals surface area contributed by atoms with E-state index in [1.807, 2.05) is 24.4 Å². The molecule has 0 fully saturated rings. The van der Waals surface area contributed by atoms with Gasteiger partial charge in [0.05, 0.1) is 5.69 Å². The molecule has 1 nitrogen and oxygen atoms in total. The minimum absolute atomic E-state index is 1.02. The molecular weight excluding hydrogens is 242 g/mol. The molecule has 2 aromatic carbocycles. The number of rotatable bonds is 3. The third-order valence-corrected chi connectivity index (χ3v) is 3.50. The van der Waals surface area contributed by atoms with Crippen LogP contribution in [-0.4, -0.2) is 4.98 Å². The zero-order valence-electron chi connectivity index (χ0n) is 11.6. The van der Waals surface area contributed by atoms with Crippen molar-refractivity contribution in [1.82, 2.24) is 4.98 Å². The number of aromatic nitrogens is 1. The average Bonchev–Trinajstić information content (AvgIpc) is 2.56. The molecule has 0 N–H and O–H groups in total. The highest BCUT2D eigenvalue weighted by molar-refractivity contribution is 5.70. The van der Waals surface area contributed by atoms with Gasteiger partial charge in [0.2, 0.25) is 0 Å². The van der Waals surface area contributed by atoms with E-state index in [4.69, 9.17) is 0 Å². The minimum Gasteiger partial charge on any atom is -0.256 e. The zero-order chi connectivity index (χ0) is 13.8. The molecule has 0 aliphatic heterocycles. The van der Waals surface area contributed by atoms with E-state index in [0.29, 0.717) is 0 Å². The number of nitrogens with zero attached hydrogens (tertiary/aromatic N) is 1. The summed E-state index contributed by atoms with van der Waals surface area (Å²) in [5, 5.41) is 0. The lowest BCUT2D eigenvalue weighted by atomic mass is 10.0. The highest BCUT2D eigenvalue weighted by atomic mass is 14.7. The Labute approximate surface area is 119 Å². The Morgan fingerprint density at radius 2 is 1.50 bits per heavy atom. The Bertz CT molecular complexity index is 702. The first-order valence-corrected chi connectivity index (χ1v) is 6.97. The van der Waals surface area contributed by atoms with Gasteiger partial charge in [-0.1, -0.05) is 61.5 Å². The van der Waals surface area contributed by atoms with Gasteiger partial charge in [-0.2, -0.15) is 0 Å². The minimum atomic E-state index is 1.02. The van der Waals surface area contributed by atoms with Crippen LogP contribution in [0.2, 0.25) is 0 Å². The van der Waals surface area contributed by atoms with Gasteiger partial charge in [0.25, 0.3) is 0 Å². The Hall–Kier alpha value is -2.41. The fourth-order valence-corrected chi connectivity index (χ4v) is 2.35. The molecule has 1 heteroatoms. The number of pyridine rings is 1. The molecule has 1 aromatic heterocycles. The van der Waals surface area contributed by atoms with Crippen LogP contribution in [0.25, 0.3) is 22.4 Å². The summed E-state index contributed by atoms with van der Waals surface area (Å²) in [6, 6.07) is 23.2. The summed E-state index contributed by atoms with van der Waals surface area (Å²) >= 11 is 0. The molecule has 20 heavy (non-hydrogen) atoms. The first-order chi connectivity index (χ1) is 9.86. The molecule has 0 bridgehead atoms. The molecule has 3 rings (SSSR count). The molecule has 0 aliphatic rings. The Morgan fingerprint density at radius 1 is 0.750 bits per heavy atom. The number of aryl methyl sites for hydroxylation is 1. The summed E-state index contributed by atoms with van der Waals surface area (Å²) in [5.74, 6) is 0. The summed E-state index contributed by atoms with van der Waals surface area (Å²) < 4.78 is 0. The van der Waals surface area contributed by atoms with Crippen molar-refractivity contribution in [3.05, 3.63) is 78.5 Å². The smallest absolute Gasteiger partial charge is 0.0708 e. The van der Waals surface area contributed by atoms with Gasteiger partial charge in [-0.3, -0.25) is 4.98 Å². The SMILES string of the molecule is CCc1cccc(-c2ccnc(-c3ccccc3)c2)c1. The van der Waals surface area contributed by atoms with Crippen molar-refractivity contribution < 1.29 is 0 Å². The number of hydrogen-bond donors (Lipinski definition) is 0. The van der Waals surface area contributed by atoms with E-state index in [1.165, 1.54) is 16.7 Å². The van der Waals surface area contributed by atoms with Crippen LogP contribution in [0.4, 0.5) is 0 Å². The second-order valence-corrected chi connectivity index (χ2v) is 4.85. The number of benzene rings is 2. The summed E-state index contributed by atoms with van der Waals surface area (Å²) in [6.45, 7) is 2.18. The monoisotopic (exact) mass is 259 g/mol. The summed E-state index contributed by atoms with van der Waals surface area (Å²) in [4.78, 5) is 4.48. The van der Waals surface area contributed by atoms with Crippen LogP contribution >= 0.6 is 0 Å². The zero-order valence-corrected chi connectivity index (χ0v) is 11.6. The van der Waals surface area contributed by atoms with Crippen LogP contribution in [0.3, 0.4) is 0 Å². The standard InChI is InChI=1S/C19H17N/c1-2-15-7-6-10-17(13-15)18-11-12-20-19(14-18)16-8-4-3-5-9-16/h3-14H,2H2,1H3. The van der Waals surface area contributed by atoms with E-state index >= 15 is 0 Å². The fraction of sp³-hybridized carbons (Fsp3) is 0.105. The predicted molar refractivity (Wildman–Crippen MR) is 84.5 cm³/mol.